The van der Waals surface area contributed by atoms with E-state index in [2.05, 4.69) is 26.2 Å². The lowest BCUT2D eigenvalue weighted by atomic mass is 10.2. The van der Waals surface area contributed by atoms with E-state index in [0.29, 0.717) is 12.1 Å². The number of amidine groups is 1. The van der Waals surface area contributed by atoms with Crippen molar-refractivity contribution in [2.24, 2.45) is 10.9 Å². The Balaban J connectivity index is 1.89. The second-order valence-electron chi connectivity index (χ2n) is 4.82. The highest BCUT2D eigenvalue weighted by Gasteiger charge is 2.09. The van der Waals surface area contributed by atoms with Gasteiger partial charge in [0.15, 0.2) is 5.84 Å². The first-order valence-corrected chi connectivity index (χ1v) is 7.64. The molecule has 10 heteroatoms. The van der Waals surface area contributed by atoms with Crippen LogP contribution in [0.5, 0.6) is 0 Å². The Morgan fingerprint density at radius 1 is 1.46 bits per heavy atom. The molecule has 2 aromatic rings. The van der Waals surface area contributed by atoms with Crippen LogP contribution in [0.4, 0.5) is 5.69 Å². The molecule has 1 aromatic heterocycles. The van der Waals surface area contributed by atoms with Crippen molar-refractivity contribution in [1.29, 1.82) is 0 Å². The lowest BCUT2D eigenvalue weighted by Crippen LogP contribution is -2.15. The highest BCUT2D eigenvalue weighted by Crippen LogP contribution is 2.13. The minimum atomic E-state index is -0.566. The third-order valence-electron chi connectivity index (χ3n) is 3.05. The predicted octanol–water partition coefficient (Wildman–Crippen LogP) is 2.12. The fourth-order valence-corrected chi connectivity index (χ4v) is 2.08. The Labute approximate surface area is 145 Å². The van der Waals surface area contributed by atoms with Crippen LogP contribution in [0.2, 0.25) is 0 Å². The summed E-state index contributed by atoms with van der Waals surface area (Å²) < 4.78 is 2.47. The van der Waals surface area contributed by atoms with Gasteiger partial charge < -0.3 is 10.6 Å². The van der Waals surface area contributed by atoms with Gasteiger partial charge in [-0.1, -0.05) is 5.16 Å². The molecule has 0 saturated carbocycles. The molecule has 9 nitrogen and oxygen atoms in total. The van der Waals surface area contributed by atoms with E-state index >= 15 is 0 Å². The SMILES string of the molecule is Cc1nn(CCC(=O)O/N=C(\N)c2ccc([N+](=O)[O-])cc2)cc1Br. The summed E-state index contributed by atoms with van der Waals surface area (Å²) in [5, 5.41) is 18.3. The number of benzene rings is 1. The smallest absolute Gasteiger partial charge is 0.336 e. The third kappa shape index (κ3) is 4.62. The van der Waals surface area contributed by atoms with Crippen molar-refractivity contribution in [3.63, 3.8) is 0 Å². The maximum absolute atomic E-state index is 11.7. The molecule has 1 aromatic carbocycles. The van der Waals surface area contributed by atoms with Crippen LogP contribution in [0.1, 0.15) is 17.7 Å². The zero-order chi connectivity index (χ0) is 17.7. The van der Waals surface area contributed by atoms with E-state index in [0.717, 1.165) is 10.2 Å². The van der Waals surface area contributed by atoms with Crippen LogP contribution in [0.3, 0.4) is 0 Å². The quantitative estimate of drug-likeness (QED) is 0.262. The highest BCUT2D eigenvalue weighted by atomic mass is 79.9. The summed E-state index contributed by atoms with van der Waals surface area (Å²) in [5.74, 6) is -0.611. The molecule has 0 bridgehead atoms. The first-order chi connectivity index (χ1) is 11.4. The number of aromatic nitrogens is 2. The van der Waals surface area contributed by atoms with Crippen LogP contribution >= 0.6 is 15.9 Å². The second kappa shape index (κ2) is 7.68. The molecule has 1 heterocycles. The van der Waals surface area contributed by atoms with E-state index in [1.54, 1.807) is 10.9 Å². The van der Waals surface area contributed by atoms with Crippen LogP contribution in [0.25, 0.3) is 0 Å². The predicted molar refractivity (Wildman–Crippen MR) is 89.2 cm³/mol. The van der Waals surface area contributed by atoms with Crippen molar-refractivity contribution in [2.45, 2.75) is 19.9 Å². The number of nitro groups is 1. The van der Waals surface area contributed by atoms with Gasteiger partial charge in [0.25, 0.3) is 5.69 Å². The molecule has 2 rings (SSSR count). The van der Waals surface area contributed by atoms with E-state index in [9.17, 15) is 14.9 Å². The van der Waals surface area contributed by atoms with E-state index in [1.807, 2.05) is 6.92 Å². The monoisotopic (exact) mass is 395 g/mol. The number of carbonyl (C=O) groups is 1. The Morgan fingerprint density at radius 3 is 2.67 bits per heavy atom. The molecular weight excluding hydrogens is 382 g/mol. The normalized spacial score (nSPS) is 11.3. The summed E-state index contributed by atoms with van der Waals surface area (Å²) in [7, 11) is 0. The number of aryl methyl sites for hydroxylation is 2. The van der Waals surface area contributed by atoms with E-state index < -0.39 is 10.9 Å². The number of non-ortho nitro benzene ring substituents is 1. The first kappa shape index (κ1) is 17.6. The third-order valence-corrected chi connectivity index (χ3v) is 3.83. The number of oxime groups is 1. The van der Waals surface area contributed by atoms with Gasteiger partial charge >= 0.3 is 5.97 Å². The summed E-state index contributed by atoms with van der Waals surface area (Å²) in [5.41, 5.74) is 6.85. The minimum absolute atomic E-state index is 0.0454. The minimum Gasteiger partial charge on any atom is -0.380 e. The van der Waals surface area contributed by atoms with Gasteiger partial charge in [-0.3, -0.25) is 14.8 Å². The van der Waals surface area contributed by atoms with Crippen LogP contribution in [-0.2, 0) is 16.2 Å². The van der Waals surface area contributed by atoms with Gasteiger partial charge in [0.1, 0.15) is 0 Å². The number of rotatable bonds is 6. The van der Waals surface area contributed by atoms with Crippen molar-refractivity contribution in [1.82, 2.24) is 9.78 Å². The van der Waals surface area contributed by atoms with Crippen molar-refractivity contribution in [2.75, 3.05) is 0 Å². The molecule has 0 amide bonds. The molecule has 0 aliphatic heterocycles. The molecule has 0 radical (unpaired) electrons. The van der Waals surface area contributed by atoms with Gasteiger partial charge in [0.05, 0.1) is 28.1 Å². The lowest BCUT2D eigenvalue weighted by Gasteiger charge is -2.02. The van der Waals surface area contributed by atoms with E-state index in [-0.39, 0.29) is 17.9 Å². The van der Waals surface area contributed by atoms with Gasteiger partial charge in [-0.15, -0.1) is 0 Å². The summed E-state index contributed by atoms with van der Waals surface area (Å²) in [6, 6.07) is 5.43. The molecule has 0 unspecified atom stereocenters. The lowest BCUT2D eigenvalue weighted by molar-refractivity contribution is -0.384. The average Bonchev–Trinajstić information content (AvgIpc) is 2.89. The summed E-state index contributed by atoms with van der Waals surface area (Å²) in [4.78, 5) is 26.4. The number of nitrogens with two attached hydrogens (primary N) is 1. The van der Waals surface area contributed by atoms with Gasteiger partial charge in [-0.2, -0.15) is 5.10 Å². The zero-order valence-electron chi connectivity index (χ0n) is 12.7. The van der Waals surface area contributed by atoms with Crippen molar-refractivity contribution >= 4 is 33.4 Å². The summed E-state index contributed by atoms with van der Waals surface area (Å²) in [6.07, 6.45) is 1.84. The molecular formula is C14H14BrN5O4. The number of hydrogen-bond donors (Lipinski definition) is 1. The topological polar surface area (TPSA) is 126 Å². The summed E-state index contributed by atoms with van der Waals surface area (Å²) >= 11 is 3.33. The zero-order valence-corrected chi connectivity index (χ0v) is 14.3. The molecule has 126 valence electrons. The molecule has 0 fully saturated rings. The maximum atomic E-state index is 11.7. The van der Waals surface area contributed by atoms with Crippen molar-refractivity contribution in [3.05, 3.63) is 56.3 Å². The molecule has 0 aliphatic rings. The number of hydrogen-bond acceptors (Lipinski definition) is 6. The molecule has 0 atom stereocenters. The molecule has 24 heavy (non-hydrogen) atoms. The highest BCUT2D eigenvalue weighted by molar-refractivity contribution is 9.10. The fourth-order valence-electron chi connectivity index (χ4n) is 1.77. The Kier molecular flexibility index (Phi) is 5.64. The number of halogens is 1. The van der Waals surface area contributed by atoms with Crippen LogP contribution in [0.15, 0.2) is 40.1 Å². The van der Waals surface area contributed by atoms with E-state index in [1.165, 1.54) is 24.3 Å². The standard InChI is InChI=1S/C14H14BrN5O4/c1-9-12(15)8-19(17-9)7-6-13(21)24-18-14(16)10-2-4-11(5-3-10)20(22)23/h2-5,8H,6-7H2,1H3,(H2,16,18). The first-order valence-electron chi connectivity index (χ1n) is 6.84. The number of nitrogens with zero attached hydrogens (tertiary/aromatic N) is 4. The summed E-state index contributed by atoms with van der Waals surface area (Å²) in [6.45, 7) is 2.19. The van der Waals surface area contributed by atoms with Gasteiger partial charge in [0, 0.05) is 23.9 Å². The maximum Gasteiger partial charge on any atom is 0.336 e. The molecule has 0 spiro atoms. The van der Waals surface area contributed by atoms with Crippen LogP contribution in [-0.4, -0.2) is 26.5 Å². The molecule has 0 aliphatic carbocycles. The van der Waals surface area contributed by atoms with E-state index in [4.69, 9.17) is 10.6 Å². The largest absolute Gasteiger partial charge is 0.380 e. The fraction of sp³-hybridized carbons (Fsp3) is 0.214. The van der Waals surface area contributed by atoms with Gasteiger partial charge in [0.2, 0.25) is 0 Å². The van der Waals surface area contributed by atoms with Crippen LogP contribution in [0, 0.1) is 17.0 Å². The average molecular weight is 396 g/mol. The Hall–Kier alpha value is -2.75. The molecule has 2 N–H and O–H groups in total. The second-order valence-corrected chi connectivity index (χ2v) is 5.67. The van der Waals surface area contributed by atoms with Gasteiger partial charge in [-0.05, 0) is 35.0 Å². The van der Waals surface area contributed by atoms with Crippen molar-refractivity contribution in [3.8, 4) is 0 Å². The molecule has 0 saturated heterocycles. The van der Waals surface area contributed by atoms with Crippen molar-refractivity contribution < 1.29 is 14.6 Å². The number of nitro benzene ring substituents is 1. The van der Waals surface area contributed by atoms with Gasteiger partial charge in [-0.25, -0.2) is 4.79 Å². The Morgan fingerprint density at radius 2 is 2.12 bits per heavy atom. The number of carbonyl (C=O) groups excluding carboxylic acids is 1. The van der Waals surface area contributed by atoms with Crippen LogP contribution < -0.4 is 5.73 Å². The Bertz CT molecular complexity index is 765.